The highest BCUT2D eigenvalue weighted by Crippen LogP contribution is 2.23. The summed E-state index contributed by atoms with van der Waals surface area (Å²) in [4.78, 5) is 3.86. The van der Waals surface area contributed by atoms with Gasteiger partial charge in [-0.25, -0.2) is 0 Å². The van der Waals surface area contributed by atoms with Crippen molar-refractivity contribution < 1.29 is 4.74 Å². The van der Waals surface area contributed by atoms with E-state index in [1.165, 1.54) is 8.66 Å². The van der Waals surface area contributed by atoms with Crippen molar-refractivity contribution in [2.24, 2.45) is 5.92 Å². The summed E-state index contributed by atoms with van der Waals surface area (Å²) in [6.45, 7) is 8.47. The van der Waals surface area contributed by atoms with E-state index < -0.39 is 0 Å². The highest BCUT2D eigenvalue weighted by atomic mass is 79.9. The Morgan fingerprint density at radius 1 is 1.44 bits per heavy atom. The van der Waals surface area contributed by atoms with Crippen LogP contribution < -0.4 is 0 Å². The van der Waals surface area contributed by atoms with Gasteiger partial charge in [0.25, 0.3) is 0 Å². The molecule has 1 rings (SSSR count). The first kappa shape index (κ1) is 14.2. The van der Waals surface area contributed by atoms with Crippen LogP contribution >= 0.6 is 27.3 Å². The molecule has 0 fully saturated rings. The Labute approximate surface area is 111 Å². The predicted octanol–water partition coefficient (Wildman–Crippen LogP) is 3.62. The van der Waals surface area contributed by atoms with Crippen LogP contribution in [0.2, 0.25) is 0 Å². The third kappa shape index (κ3) is 5.43. The first-order chi connectivity index (χ1) is 7.61. The standard InChI is InChI=1S/C12H20BrNOS/c1-10(2)8-14(6-7-15-3)9-11-4-5-12(13)16-11/h4-5,10H,6-9H2,1-3H3. The molecule has 0 amide bonds. The van der Waals surface area contributed by atoms with Gasteiger partial charge in [0.15, 0.2) is 0 Å². The number of methoxy groups -OCH3 is 1. The minimum absolute atomic E-state index is 0.695. The van der Waals surface area contributed by atoms with E-state index in [1.54, 1.807) is 7.11 Å². The number of thiophene rings is 1. The molecule has 0 aliphatic rings. The normalized spacial score (nSPS) is 11.6. The van der Waals surface area contributed by atoms with Crippen LogP contribution in [-0.4, -0.2) is 31.7 Å². The number of halogens is 1. The average Bonchev–Trinajstić information content (AvgIpc) is 2.59. The zero-order valence-corrected chi connectivity index (χ0v) is 12.6. The fourth-order valence-electron chi connectivity index (χ4n) is 1.63. The number of hydrogen-bond acceptors (Lipinski definition) is 3. The highest BCUT2D eigenvalue weighted by molar-refractivity contribution is 9.11. The molecule has 1 aromatic heterocycles. The Kier molecular flexibility index (Phi) is 6.58. The second-order valence-corrected chi connectivity index (χ2v) is 6.88. The van der Waals surface area contributed by atoms with E-state index in [1.807, 2.05) is 11.3 Å². The van der Waals surface area contributed by atoms with Crippen LogP contribution in [0.4, 0.5) is 0 Å². The zero-order valence-electron chi connectivity index (χ0n) is 10.2. The van der Waals surface area contributed by atoms with E-state index in [0.29, 0.717) is 5.92 Å². The molecule has 0 saturated carbocycles. The molecule has 0 unspecified atom stereocenters. The number of ether oxygens (including phenoxy) is 1. The minimum atomic E-state index is 0.695. The topological polar surface area (TPSA) is 12.5 Å². The van der Waals surface area contributed by atoms with E-state index >= 15 is 0 Å². The second kappa shape index (κ2) is 7.43. The summed E-state index contributed by atoms with van der Waals surface area (Å²) in [6.07, 6.45) is 0. The predicted molar refractivity (Wildman–Crippen MR) is 74.0 cm³/mol. The molecule has 1 heterocycles. The average molecular weight is 306 g/mol. The van der Waals surface area contributed by atoms with Crippen molar-refractivity contribution in [2.75, 3.05) is 26.8 Å². The molecule has 0 saturated heterocycles. The van der Waals surface area contributed by atoms with Gasteiger partial charge >= 0.3 is 0 Å². The van der Waals surface area contributed by atoms with Crippen molar-refractivity contribution in [2.45, 2.75) is 20.4 Å². The van der Waals surface area contributed by atoms with Crippen molar-refractivity contribution in [1.82, 2.24) is 4.90 Å². The fraction of sp³-hybridized carbons (Fsp3) is 0.667. The van der Waals surface area contributed by atoms with Gasteiger partial charge in [-0.05, 0) is 34.0 Å². The molecule has 92 valence electrons. The van der Waals surface area contributed by atoms with Crippen molar-refractivity contribution >= 4 is 27.3 Å². The molecule has 0 N–H and O–H groups in total. The van der Waals surface area contributed by atoms with Crippen molar-refractivity contribution in [3.8, 4) is 0 Å². The van der Waals surface area contributed by atoms with Crippen molar-refractivity contribution in [1.29, 1.82) is 0 Å². The maximum atomic E-state index is 5.15. The Morgan fingerprint density at radius 3 is 2.69 bits per heavy atom. The summed E-state index contributed by atoms with van der Waals surface area (Å²) in [5.74, 6) is 0.695. The molecule has 0 spiro atoms. The molecule has 2 nitrogen and oxygen atoms in total. The van der Waals surface area contributed by atoms with Gasteiger partial charge in [-0.15, -0.1) is 11.3 Å². The van der Waals surface area contributed by atoms with Gasteiger partial charge in [-0.1, -0.05) is 13.8 Å². The lowest BCUT2D eigenvalue weighted by molar-refractivity contribution is 0.136. The number of nitrogens with zero attached hydrogens (tertiary/aromatic N) is 1. The monoisotopic (exact) mass is 305 g/mol. The van der Waals surface area contributed by atoms with Gasteiger partial charge in [0.1, 0.15) is 0 Å². The van der Waals surface area contributed by atoms with Crippen LogP contribution in [0.1, 0.15) is 18.7 Å². The molecular weight excluding hydrogens is 286 g/mol. The van der Waals surface area contributed by atoms with Gasteiger partial charge < -0.3 is 4.74 Å². The van der Waals surface area contributed by atoms with E-state index in [-0.39, 0.29) is 0 Å². The first-order valence-corrected chi connectivity index (χ1v) is 7.18. The summed E-state index contributed by atoms with van der Waals surface area (Å²) in [7, 11) is 1.76. The van der Waals surface area contributed by atoms with Gasteiger partial charge in [0.2, 0.25) is 0 Å². The van der Waals surface area contributed by atoms with Gasteiger partial charge in [-0.2, -0.15) is 0 Å². The summed E-state index contributed by atoms with van der Waals surface area (Å²) < 4.78 is 6.36. The first-order valence-electron chi connectivity index (χ1n) is 5.57. The quantitative estimate of drug-likeness (QED) is 0.763. The van der Waals surface area contributed by atoms with Gasteiger partial charge in [0.05, 0.1) is 10.4 Å². The van der Waals surface area contributed by atoms with Crippen molar-refractivity contribution in [3.05, 3.63) is 20.8 Å². The minimum Gasteiger partial charge on any atom is -0.383 e. The van der Waals surface area contributed by atoms with Crippen LogP contribution in [0.5, 0.6) is 0 Å². The second-order valence-electron chi connectivity index (χ2n) is 4.33. The van der Waals surface area contributed by atoms with Crippen LogP contribution in [0, 0.1) is 5.92 Å². The summed E-state index contributed by atoms with van der Waals surface area (Å²) in [5.41, 5.74) is 0. The Balaban J connectivity index is 2.48. The van der Waals surface area contributed by atoms with E-state index in [2.05, 4.69) is 46.8 Å². The third-order valence-electron chi connectivity index (χ3n) is 2.24. The van der Waals surface area contributed by atoms with Crippen LogP contribution in [0.25, 0.3) is 0 Å². The van der Waals surface area contributed by atoms with E-state index in [0.717, 1.165) is 26.2 Å². The molecule has 0 aromatic carbocycles. The van der Waals surface area contributed by atoms with Crippen LogP contribution in [-0.2, 0) is 11.3 Å². The maximum absolute atomic E-state index is 5.15. The number of rotatable bonds is 7. The molecule has 0 aliphatic heterocycles. The molecule has 0 bridgehead atoms. The zero-order chi connectivity index (χ0) is 12.0. The van der Waals surface area contributed by atoms with Gasteiger partial charge in [-0.3, -0.25) is 4.90 Å². The summed E-state index contributed by atoms with van der Waals surface area (Å²) in [6, 6.07) is 4.30. The van der Waals surface area contributed by atoms with Gasteiger partial charge in [0, 0.05) is 31.6 Å². The van der Waals surface area contributed by atoms with E-state index in [9.17, 15) is 0 Å². The summed E-state index contributed by atoms with van der Waals surface area (Å²) in [5, 5.41) is 0. The highest BCUT2D eigenvalue weighted by Gasteiger charge is 2.09. The van der Waals surface area contributed by atoms with Crippen molar-refractivity contribution in [3.63, 3.8) is 0 Å². The Morgan fingerprint density at radius 2 is 2.19 bits per heavy atom. The lowest BCUT2D eigenvalue weighted by Crippen LogP contribution is -2.30. The Bertz CT molecular complexity index is 301. The molecule has 1 aromatic rings. The largest absolute Gasteiger partial charge is 0.383 e. The van der Waals surface area contributed by atoms with Crippen LogP contribution in [0.3, 0.4) is 0 Å². The third-order valence-corrected chi connectivity index (χ3v) is 3.85. The molecular formula is C12H20BrNOS. The molecule has 0 atom stereocenters. The SMILES string of the molecule is COCCN(Cc1ccc(Br)s1)CC(C)C. The molecule has 0 radical (unpaired) electrons. The van der Waals surface area contributed by atoms with E-state index in [4.69, 9.17) is 4.74 Å². The molecule has 0 aliphatic carbocycles. The number of hydrogen-bond donors (Lipinski definition) is 0. The smallest absolute Gasteiger partial charge is 0.0701 e. The maximum Gasteiger partial charge on any atom is 0.0701 e. The Hall–Kier alpha value is 0.1000. The molecule has 4 heteroatoms. The van der Waals surface area contributed by atoms with Crippen LogP contribution in [0.15, 0.2) is 15.9 Å². The lowest BCUT2D eigenvalue weighted by Gasteiger charge is -2.23. The fourth-order valence-corrected chi connectivity index (χ4v) is 3.15. The lowest BCUT2D eigenvalue weighted by atomic mass is 10.2. The molecule has 16 heavy (non-hydrogen) atoms. The summed E-state index contributed by atoms with van der Waals surface area (Å²) >= 11 is 5.31.